The van der Waals surface area contributed by atoms with Crippen molar-refractivity contribution in [2.75, 3.05) is 13.7 Å². The van der Waals surface area contributed by atoms with Crippen molar-refractivity contribution in [3.8, 4) is 17.0 Å². The molecule has 21 heavy (non-hydrogen) atoms. The second kappa shape index (κ2) is 6.24. The largest absolute Gasteiger partial charge is 0.493 e. The van der Waals surface area contributed by atoms with Crippen molar-refractivity contribution in [1.82, 2.24) is 10.3 Å². The Morgan fingerprint density at radius 3 is 2.86 bits per heavy atom. The number of benzene rings is 2. The molecule has 0 saturated heterocycles. The lowest BCUT2D eigenvalue weighted by atomic mass is 10.0. The van der Waals surface area contributed by atoms with E-state index in [-0.39, 0.29) is 0 Å². The molecule has 0 aliphatic carbocycles. The zero-order valence-corrected chi connectivity index (χ0v) is 13.0. The van der Waals surface area contributed by atoms with Gasteiger partial charge in [0.25, 0.3) is 0 Å². The summed E-state index contributed by atoms with van der Waals surface area (Å²) in [7, 11) is 1.94. The zero-order valence-electron chi connectivity index (χ0n) is 12.2. The Balaban J connectivity index is 2.19. The van der Waals surface area contributed by atoms with Crippen molar-refractivity contribution in [3.63, 3.8) is 0 Å². The Morgan fingerprint density at radius 2 is 2.05 bits per heavy atom. The predicted molar refractivity (Wildman–Crippen MR) is 89.0 cm³/mol. The second-order valence-corrected chi connectivity index (χ2v) is 5.69. The maximum absolute atomic E-state index is 5.82. The van der Waals surface area contributed by atoms with Crippen LogP contribution in [0.4, 0.5) is 0 Å². The molecule has 1 N–H and O–H groups in total. The van der Waals surface area contributed by atoms with Crippen molar-refractivity contribution < 1.29 is 4.74 Å². The first-order chi connectivity index (χ1) is 10.3. The third-order valence-corrected chi connectivity index (χ3v) is 4.18. The highest BCUT2D eigenvalue weighted by Gasteiger charge is 2.14. The van der Waals surface area contributed by atoms with Crippen molar-refractivity contribution in [2.45, 2.75) is 13.5 Å². The van der Waals surface area contributed by atoms with E-state index in [4.69, 9.17) is 9.72 Å². The Hall–Kier alpha value is -1.91. The number of hydrogen-bond acceptors (Lipinski definition) is 4. The van der Waals surface area contributed by atoms with Crippen molar-refractivity contribution in [3.05, 3.63) is 46.8 Å². The van der Waals surface area contributed by atoms with E-state index < -0.39 is 0 Å². The minimum Gasteiger partial charge on any atom is -0.493 e. The quantitative estimate of drug-likeness (QED) is 0.770. The van der Waals surface area contributed by atoms with Crippen LogP contribution in [-0.2, 0) is 6.54 Å². The predicted octanol–water partition coefficient (Wildman–Crippen LogP) is 4.08. The summed E-state index contributed by atoms with van der Waals surface area (Å²) in [5, 5.41) is 8.73. The van der Waals surface area contributed by atoms with Gasteiger partial charge in [-0.3, -0.25) is 0 Å². The van der Waals surface area contributed by atoms with Crippen LogP contribution >= 0.6 is 11.3 Å². The summed E-state index contributed by atoms with van der Waals surface area (Å²) >= 11 is 1.68. The minimum absolute atomic E-state index is 0.652. The fourth-order valence-corrected chi connectivity index (χ4v) is 3.25. The van der Waals surface area contributed by atoms with E-state index in [0.29, 0.717) is 6.61 Å². The van der Waals surface area contributed by atoms with Gasteiger partial charge in [0.15, 0.2) is 0 Å². The first-order valence-electron chi connectivity index (χ1n) is 7.07. The van der Waals surface area contributed by atoms with E-state index >= 15 is 0 Å². The van der Waals surface area contributed by atoms with Crippen LogP contribution in [0.15, 0.2) is 41.8 Å². The smallest absolute Gasteiger partial charge is 0.129 e. The lowest BCUT2D eigenvalue weighted by molar-refractivity contribution is 0.342. The van der Waals surface area contributed by atoms with Gasteiger partial charge >= 0.3 is 0 Å². The molecular formula is C17H18N2OS. The molecule has 0 spiro atoms. The summed E-state index contributed by atoms with van der Waals surface area (Å²) in [6.07, 6.45) is 0. The van der Waals surface area contributed by atoms with E-state index in [0.717, 1.165) is 28.6 Å². The Morgan fingerprint density at radius 1 is 1.19 bits per heavy atom. The SMILES string of the molecule is CCOc1ccc2ccccc2c1-c1csc(CNC)n1. The van der Waals surface area contributed by atoms with Gasteiger partial charge in [0.2, 0.25) is 0 Å². The van der Waals surface area contributed by atoms with Gasteiger partial charge in [0.05, 0.1) is 17.9 Å². The van der Waals surface area contributed by atoms with Gasteiger partial charge < -0.3 is 10.1 Å². The molecule has 0 amide bonds. The third kappa shape index (κ3) is 2.77. The molecule has 3 rings (SSSR count). The maximum Gasteiger partial charge on any atom is 0.129 e. The summed E-state index contributed by atoms with van der Waals surface area (Å²) < 4.78 is 5.82. The third-order valence-electron chi connectivity index (χ3n) is 3.33. The molecule has 108 valence electrons. The van der Waals surface area contributed by atoms with Crippen molar-refractivity contribution >= 4 is 22.1 Å². The van der Waals surface area contributed by atoms with Crippen LogP contribution in [0.25, 0.3) is 22.0 Å². The normalized spacial score (nSPS) is 11.0. The summed E-state index contributed by atoms with van der Waals surface area (Å²) in [5.74, 6) is 0.900. The number of aromatic nitrogens is 1. The number of thiazole rings is 1. The van der Waals surface area contributed by atoms with Crippen LogP contribution in [0.3, 0.4) is 0 Å². The summed E-state index contributed by atoms with van der Waals surface area (Å²) in [6.45, 7) is 3.45. The number of rotatable bonds is 5. The number of fused-ring (bicyclic) bond motifs is 1. The highest BCUT2D eigenvalue weighted by molar-refractivity contribution is 7.09. The lowest BCUT2D eigenvalue weighted by Crippen LogP contribution is -2.04. The van der Waals surface area contributed by atoms with E-state index in [1.165, 1.54) is 10.8 Å². The summed E-state index contributed by atoms with van der Waals surface area (Å²) in [4.78, 5) is 4.74. The topological polar surface area (TPSA) is 34.1 Å². The molecule has 0 bridgehead atoms. The highest BCUT2D eigenvalue weighted by Crippen LogP contribution is 2.37. The monoisotopic (exact) mass is 298 g/mol. The fourth-order valence-electron chi connectivity index (χ4n) is 2.45. The molecule has 1 aromatic heterocycles. The molecule has 0 unspecified atom stereocenters. The first kappa shape index (κ1) is 14.0. The van der Waals surface area contributed by atoms with E-state index in [2.05, 4.69) is 41.0 Å². The van der Waals surface area contributed by atoms with Crippen molar-refractivity contribution in [2.24, 2.45) is 0 Å². The second-order valence-electron chi connectivity index (χ2n) is 4.75. The standard InChI is InChI=1S/C17H18N2OS/c1-3-20-15-9-8-12-6-4-5-7-13(12)17(15)14-11-21-16(19-14)10-18-2/h4-9,11,18H,3,10H2,1-2H3. The van der Waals surface area contributed by atoms with Gasteiger partial charge in [-0.1, -0.05) is 30.3 Å². The Labute approximate surface area is 128 Å². The summed E-state index contributed by atoms with van der Waals surface area (Å²) in [6, 6.07) is 12.5. The molecule has 4 heteroatoms. The van der Waals surface area contributed by atoms with Crippen LogP contribution in [0, 0.1) is 0 Å². The Kier molecular flexibility index (Phi) is 4.18. The van der Waals surface area contributed by atoms with Crippen LogP contribution in [0.2, 0.25) is 0 Å². The molecule has 3 aromatic rings. The Bertz CT molecular complexity index is 751. The van der Waals surface area contributed by atoms with Crippen molar-refractivity contribution in [1.29, 1.82) is 0 Å². The number of hydrogen-bond donors (Lipinski definition) is 1. The van der Waals surface area contributed by atoms with E-state index in [9.17, 15) is 0 Å². The van der Waals surface area contributed by atoms with Gasteiger partial charge in [-0.05, 0) is 30.8 Å². The molecule has 0 radical (unpaired) electrons. The average Bonchev–Trinajstić information content (AvgIpc) is 2.96. The van der Waals surface area contributed by atoms with Gasteiger partial charge in [-0.25, -0.2) is 4.98 Å². The fraction of sp³-hybridized carbons (Fsp3) is 0.235. The van der Waals surface area contributed by atoms with Crippen LogP contribution in [0.5, 0.6) is 5.75 Å². The molecule has 0 aliphatic rings. The van der Waals surface area contributed by atoms with E-state index in [1.54, 1.807) is 11.3 Å². The van der Waals surface area contributed by atoms with Gasteiger partial charge in [0, 0.05) is 11.9 Å². The van der Waals surface area contributed by atoms with E-state index in [1.807, 2.05) is 20.0 Å². The minimum atomic E-state index is 0.652. The summed E-state index contributed by atoms with van der Waals surface area (Å²) in [5.41, 5.74) is 2.08. The molecule has 0 atom stereocenters. The first-order valence-corrected chi connectivity index (χ1v) is 7.95. The van der Waals surface area contributed by atoms with Crippen LogP contribution in [-0.4, -0.2) is 18.6 Å². The van der Waals surface area contributed by atoms with Gasteiger partial charge in [0.1, 0.15) is 10.8 Å². The highest BCUT2D eigenvalue weighted by atomic mass is 32.1. The zero-order chi connectivity index (χ0) is 14.7. The number of ether oxygens (including phenoxy) is 1. The van der Waals surface area contributed by atoms with Gasteiger partial charge in [-0.15, -0.1) is 11.3 Å². The number of nitrogens with zero attached hydrogens (tertiary/aromatic N) is 1. The average molecular weight is 298 g/mol. The molecular weight excluding hydrogens is 280 g/mol. The molecule has 0 saturated carbocycles. The molecule has 2 aromatic carbocycles. The number of nitrogens with one attached hydrogen (secondary N) is 1. The molecule has 0 fully saturated rings. The van der Waals surface area contributed by atoms with Crippen LogP contribution < -0.4 is 10.1 Å². The molecule has 1 heterocycles. The lowest BCUT2D eigenvalue weighted by Gasteiger charge is -2.11. The molecule has 0 aliphatic heterocycles. The maximum atomic E-state index is 5.82. The van der Waals surface area contributed by atoms with Crippen LogP contribution in [0.1, 0.15) is 11.9 Å². The van der Waals surface area contributed by atoms with Gasteiger partial charge in [-0.2, -0.15) is 0 Å². The molecule has 3 nitrogen and oxygen atoms in total.